The van der Waals surface area contributed by atoms with Crippen molar-refractivity contribution in [1.82, 2.24) is 24.9 Å². The van der Waals surface area contributed by atoms with Gasteiger partial charge < -0.3 is 9.32 Å². The monoisotopic (exact) mass is 327 g/mol. The second-order valence-corrected chi connectivity index (χ2v) is 7.90. The Morgan fingerprint density at radius 3 is 3.00 bits per heavy atom. The van der Waals surface area contributed by atoms with Crippen molar-refractivity contribution in [3.05, 3.63) is 29.7 Å². The van der Waals surface area contributed by atoms with Crippen LogP contribution in [0.3, 0.4) is 0 Å². The standard InChI is InChI=1S/C18H25N5O/c1-22-15(6-9-19-22)7-10-23-11-14-3-2-8-18(14,12-23)17-21-20-16(24-17)13-4-5-13/h6,9,13-14H,2-5,7-8,10-12H2,1H3/t14-,18-/m0/s1. The maximum Gasteiger partial charge on any atom is 0.224 e. The molecule has 1 aliphatic heterocycles. The fourth-order valence-corrected chi connectivity index (χ4v) is 4.76. The maximum atomic E-state index is 6.15. The fraction of sp³-hybridized carbons (Fsp3) is 0.722. The second-order valence-electron chi connectivity index (χ2n) is 7.90. The summed E-state index contributed by atoms with van der Waals surface area (Å²) >= 11 is 0. The molecule has 3 heterocycles. The first kappa shape index (κ1) is 14.6. The summed E-state index contributed by atoms with van der Waals surface area (Å²) in [5, 5.41) is 13.1. The topological polar surface area (TPSA) is 60.0 Å². The molecular weight excluding hydrogens is 302 g/mol. The lowest BCUT2D eigenvalue weighted by molar-refractivity contribution is 0.268. The van der Waals surface area contributed by atoms with Crippen molar-refractivity contribution in [2.24, 2.45) is 13.0 Å². The molecule has 0 bridgehead atoms. The van der Waals surface area contributed by atoms with E-state index in [1.807, 2.05) is 17.9 Å². The molecule has 0 spiro atoms. The van der Waals surface area contributed by atoms with Crippen molar-refractivity contribution in [3.8, 4) is 0 Å². The third-order valence-electron chi connectivity index (χ3n) is 6.34. The van der Waals surface area contributed by atoms with E-state index in [0.717, 1.165) is 31.3 Å². The highest BCUT2D eigenvalue weighted by Crippen LogP contribution is 2.51. The molecule has 2 aliphatic carbocycles. The van der Waals surface area contributed by atoms with E-state index in [-0.39, 0.29) is 5.41 Å². The van der Waals surface area contributed by atoms with Crippen molar-refractivity contribution in [2.45, 2.75) is 49.9 Å². The SMILES string of the molecule is Cn1nccc1CCN1C[C@@H]2CCC[C@]2(c2nnc(C3CC3)o2)C1. The highest BCUT2D eigenvalue weighted by Gasteiger charge is 2.54. The Hall–Kier alpha value is -1.69. The molecule has 0 unspecified atom stereocenters. The Kier molecular flexibility index (Phi) is 3.30. The molecule has 2 aromatic heterocycles. The Morgan fingerprint density at radius 1 is 1.29 bits per heavy atom. The van der Waals surface area contributed by atoms with Gasteiger partial charge in [-0.3, -0.25) is 4.68 Å². The Labute approximate surface area is 142 Å². The third kappa shape index (κ3) is 2.31. The van der Waals surface area contributed by atoms with Crippen molar-refractivity contribution < 1.29 is 4.42 Å². The van der Waals surface area contributed by atoms with E-state index in [4.69, 9.17) is 4.42 Å². The maximum absolute atomic E-state index is 6.15. The Morgan fingerprint density at radius 2 is 2.21 bits per heavy atom. The van der Waals surface area contributed by atoms with Crippen LogP contribution in [-0.4, -0.2) is 44.5 Å². The van der Waals surface area contributed by atoms with E-state index in [1.54, 1.807) is 0 Å². The van der Waals surface area contributed by atoms with E-state index in [0.29, 0.717) is 11.8 Å². The third-order valence-corrected chi connectivity index (χ3v) is 6.34. The smallest absolute Gasteiger partial charge is 0.224 e. The molecule has 24 heavy (non-hydrogen) atoms. The molecule has 0 radical (unpaired) electrons. The Bertz CT molecular complexity index is 733. The number of nitrogens with zero attached hydrogens (tertiary/aromatic N) is 5. The molecule has 5 rings (SSSR count). The van der Waals surface area contributed by atoms with E-state index in [1.165, 1.54) is 44.3 Å². The van der Waals surface area contributed by atoms with Crippen LogP contribution in [0.1, 0.15) is 55.5 Å². The van der Waals surface area contributed by atoms with Crippen LogP contribution < -0.4 is 0 Å². The lowest BCUT2D eigenvalue weighted by atomic mass is 9.80. The molecule has 1 saturated heterocycles. The highest BCUT2D eigenvalue weighted by atomic mass is 16.4. The first-order valence-corrected chi connectivity index (χ1v) is 9.28. The van der Waals surface area contributed by atoms with Crippen molar-refractivity contribution >= 4 is 0 Å². The minimum absolute atomic E-state index is 0.118. The van der Waals surface area contributed by atoms with Gasteiger partial charge in [0, 0.05) is 50.9 Å². The van der Waals surface area contributed by atoms with Crippen LogP contribution >= 0.6 is 0 Å². The summed E-state index contributed by atoms with van der Waals surface area (Å²) in [7, 11) is 2.02. The molecule has 2 aromatic rings. The van der Waals surface area contributed by atoms with E-state index in [9.17, 15) is 0 Å². The molecule has 6 heteroatoms. The van der Waals surface area contributed by atoms with Crippen LogP contribution in [0.4, 0.5) is 0 Å². The number of fused-ring (bicyclic) bond motifs is 1. The lowest BCUT2D eigenvalue weighted by Gasteiger charge is -2.24. The van der Waals surface area contributed by atoms with Gasteiger partial charge in [-0.05, 0) is 37.7 Å². The largest absolute Gasteiger partial charge is 0.424 e. The zero-order chi connectivity index (χ0) is 16.1. The normalized spacial score (nSPS) is 30.1. The second kappa shape index (κ2) is 5.41. The van der Waals surface area contributed by atoms with E-state index < -0.39 is 0 Å². The molecule has 0 aromatic carbocycles. The predicted octanol–water partition coefficient (Wildman–Crippen LogP) is 2.28. The quantitative estimate of drug-likeness (QED) is 0.843. The van der Waals surface area contributed by atoms with Crippen LogP contribution in [-0.2, 0) is 18.9 Å². The molecule has 6 nitrogen and oxygen atoms in total. The highest BCUT2D eigenvalue weighted by molar-refractivity contribution is 5.18. The first-order chi connectivity index (χ1) is 11.7. The number of aryl methyl sites for hydroxylation is 1. The van der Waals surface area contributed by atoms with Crippen LogP contribution in [0.25, 0.3) is 0 Å². The van der Waals surface area contributed by atoms with Gasteiger partial charge in [-0.15, -0.1) is 10.2 Å². The minimum atomic E-state index is 0.118. The molecular formula is C18H25N5O. The summed E-state index contributed by atoms with van der Waals surface area (Å²) in [6.45, 7) is 3.32. The summed E-state index contributed by atoms with van der Waals surface area (Å²) in [5.41, 5.74) is 1.42. The zero-order valence-electron chi connectivity index (χ0n) is 14.3. The van der Waals surface area contributed by atoms with E-state index in [2.05, 4.69) is 26.3 Å². The van der Waals surface area contributed by atoms with Crippen LogP contribution in [0, 0.1) is 5.92 Å². The van der Waals surface area contributed by atoms with Crippen LogP contribution in [0.2, 0.25) is 0 Å². The summed E-state index contributed by atoms with van der Waals surface area (Å²) in [5.74, 6) is 3.04. The molecule has 0 amide bonds. The molecule has 3 aliphatic rings. The van der Waals surface area contributed by atoms with Gasteiger partial charge >= 0.3 is 0 Å². The van der Waals surface area contributed by atoms with Gasteiger partial charge in [0.05, 0.1) is 5.41 Å². The Balaban J connectivity index is 1.32. The average Bonchev–Trinajstić information content (AvgIpc) is 2.94. The number of aromatic nitrogens is 4. The molecule has 0 N–H and O–H groups in total. The van der Waals surface area contributed by atoms with Gasteiger partial charge in [-0.2, -0.15) is 5.10 Å². The molecule has 128 valence electrons. The summed E-state index contributed by atoms with van der Waals surface area (Å²) in [6.07, 6.45) is 9.16. The van der Waals surface area contributed by atoms with Crippen molar-refractivity contribution in [3.63, 3.8) is 0 Å². The number of likely N-dealkylation sites (tertiary alicyclic amines) is 1. The van der Waals surface area contributed by atoms with Crippen molar-refractivity contribution in [1.29, 1.82) is 0 Å². The summed E-state index contributed by atoms with van der Waals surface area (Å²) in [4.78, 5) is 2.60. The van der Waals surface area contributed by atoms with Gasteiger partial charge in [-0.1, -0.05) is 6.42 Å². The van der Waals surface area contributed by atoms with E-state index >= 15 is 0 Å². The number of hydrogen-bond acceptors (Lipinski definition) is 5. The molecule has 2 saturated carbocycles. The first-order valence-electron chi connectivity index (χ1n) is 9.28. The fourth-order valence-electron chi connectivity index (χ4n) is 4.76. The predicted molar refractivity (Wildman–Crippen MR) is 88.6 cm³/mol. The minimum Gasteiger partial charge on any atom is -0.424 e. The summed E-state index contributed by atoms with van der Waals surface area (Å²) in [6, 6.07) is 2.12. The lowest BCUT2D eigenvalue weighted by Crippen LogP contribution is -2.33. The zero-order valence-corrected chi connectivity index (χ0v) is 14.3. The van der Waals surface area contributed by atoms with Gasteiger partial charge in [0.1, 0.15) is 0 Å². The molecule has 2 atom stereocenters. The summed E-state index contributed by atoms with van der Waals surface area (Å²) < 4.78 is 8.13. The average molecular weight is 327 g/mol. The van der Waals surface area contributed by atoms with Gasteiger partial charge in [-0.25, -0.2) is 0 Å². The molecule has 3 fully saturated rings. The number of rotatable bonds is 5. The van der Waals surface area contributed by atoms with Gasteiger partial charge in [0.2, 0.25) is 11.8 Å². The van der Waals surface area contributed by atoms with Gasteiger partial charge in [0.15, 0.2) is 0 Å². The van der Waals surface area contributed by atoms with Gasteiger partial charge in [0.25, 0.3) is 0 Å². The number of hydrogen-bond donors (Lipinski definition) is 0. The van der Waals surface area contributed by atoms with Crippen LogP contribution in [0.5, 0.6) is 0 Å². The van der Waals surface area contributed by atoms with Crippen molar-refractivity contribution in [2.75, 3.05) is 19.6 Å². The van der Waals surface area contributed by atoms with Crippen LogP contribution in [0.15, 0.2) is 16.7 Å².